The molecule has 0 aliphatic heterocycles. The van der Waals surface area contributed by atoms with E-state index in [1.807, 2.05) is 37.2 Å². The molecule has 0 spiro atoms. The second-order valence-corrected chi connectivity index (χ2v) is 6.33. The molecule has 0 fully saturated rings. The number of hydrogen-bond acceptors (Lipinski definition) is 5. The molecule has 0 aliphatic rings. The van der Waals surface area contributed by atoms with Gasteiger partial charge in [0.05, 0.1) is 0 Å². The summed E-state index contributed by atoms with van der Waals surface area (Å²) in [6.45, 7) is 0. The fraction of sp³-hybridized carbons (Fsp3) is 0.200. The maximum atomic E-state index is 11.1. The van der Waals surface area contributed by atoms with Crippen molar-refractivity contribution in [2.75, 3.05) is 19.0 Å². The van der Waals surface area contributed by atoms with Crippen molar-refractivity contribution >= 4 is 25.4 Å². The molecule has 0 radical (unpaired) electrons. The minimum atomic E-state index is -3.88. The van der Waals surface area contributed by atoms with E-state index >= 15 is 0 Å². The number of hydrogen-bond donors (Lipinski definition) is 1. The summed E-state index contributed by atoms with van der Waals surface area (Å²) in [4.78, 5) is 5.77. The van der Waals surface area contributed by atoms with Crippen LogP contribution >= 0.6 is 10.7 Å². The highest BCUT2D eigenvalue weighted by molar-refractivity contribution is 8.13. The monoisotopic (exact) mass is 286 g/mol. The summed E-state index contributed by atoms with van der Waals surface area (Å²) in [5.74, 6) is 0.290. The van der Waals surface area contributed by atoms with Crippen molar-refractivity contribution in [2.45, 2.75) is 5.16 Å². The number of aromatic amines is 1. The molecule has 1 aromatic carbocycles. The molecule has 0 aliphatic carbocycles. The van der Waals surface area contributed by atoms with Crippen molar-refractivity contribution in [2.24, 2.45) is 0 Å². The largest absolute Gasteiger partial charge is 0.378 e. The van der Waals surface area contributed by atoms with E-state index < -0.39 is 9.05 Å². The van der Waals surface area contributed by atoms with Crippen LogP contribution in [0.3, 0.4) is 0 Å². The molecule has 1 heterocycles. The van der Waals surface area contributed by atoms with Crippen LogP contribution in [0.25, 0.3) is 11.4 Å². The molecule has 8 heteroatoms. The lowest BCUT2D eigenvalue weighted by atomic mass is 10.2. The summed E-state index contributed by atoms with van der Waals surface area (Å²) in [6.07, 6.45) is 0. The van der Waals surface area contributed by atoms with E-state index in [1.54, 1.807) is 6.07 Å². The minimum absolute atomic E-state index is 0.290. The lowest BCUT2D eigenvalue weighted by molar-refractivity contribution is 0.602. The molecule has 18 heavy (non-hydrogen) atoms. The number of rotatable bonds is 3. The van der Waals surface area contributed by atoms with Gasteiger partial charge in [0.2, 0.25) is 0 Å². The highest BCUT2D eigenvalue weighted by Crippen LogP contribution is 2.22. The molecule has 1 aromatic heterocycles. The van der Waals surface area contributed by atoms with Crippen LogP contribution in [-0.4, -0.2) is 37.7 Å². The standard InChI is InChI=1S/C10H11ClN4O2S/c1-15(2)8-5-3-4-7(6-8)9-12-10(14-13-9)18(11,16)17/h3-6H,1-2H3,(H,12,13,14). The van der Waals surface area contributed by atoms with Gasteiger partial charge in [-0.3, -0.25) is 0 Å². The lowest BCUT2D eigenvalue weighted by Gasteiger charge is -2.12. The van der Waals surface area contributed by atoms with Crippen molar-refractivity contribution in [3.05, 3.63) is 24.3 Å². The van der Waals surface area contributed by atoms with Crippen LogP contribution in [0.1, 0.15) is 0 Å². The third-order valence-corrected chi connectivity index (χ3v) is 3.40. The van der Waals surface area contributed by atoms with E-state index in [9.17, 15) is 8.42 Å². The van der Waals surface area contributed by atoms with Crippen molar-refractivity contribution in [3.63, 3.8) is 0 Å². The van der Waals surface area contributed by atoms with Gasteiger partial charge >= 0.3 is 0 Å². The third kappa shape index (κ3) is 2.62. The second-order valence-electron chi connectivity index (χ2n) is 3.85. The lowest BCUT2D eigenvalue weighted by Crippen LogP contribution is -2.08. The summed E-state index contributed by atoms with van der Waals surface area (Å²) in [5.41, 5.74) is 1.68. The zero-order valence-electron chi connectivity index (χ0n) is 9.75. The number of halogens is 1. The summed E-state index contributed by atoms with van der Waals surface area (Å²) < 4.78 is 22.2. The molecule has 1 N–H and O–H groups in total. The van der Waals surface area contributed by atoms with Gasteiger partial charge in [0.1, 0.15) is 0 Å². The van der Waals surface area contributed by atoms with Crippen LogP contribution in [0.2, 0.25) is 0 Å². The molecule has 2 rings (SSSR count). The Balaban J connectivity index is 2.43. The Morgan fingerprint density at radius 2 is 2.06 bits per heavy atom. The van der Waals surface area contributed by atoms with Crippen molar-refractivity contribution in [1.29, 1.82) is 0 Å². The average Bonchev–Trinajstić information content (AvgIpc) is 2.78. The number of anilines is 1. The molecular weight excluding hydrogens is 276 g/mol. The molecule has 96 valence electrons. The predicted molar refractivity (Wildman–Crippen MR) is 69.2 cm³/mol. The van der Waals surface area contributed by atoms with Gasteiger partial charge < -0.3 is 4.90 Å². The second kappa shape index (κ2) is 4.58. The third-order valence-electron chi connectivity index (χ3n) is 2.32. The van der Waals surface area contributed by atoms with Crippen LogP contribution < -0.4 is 4.90 Å². The Morgan fingerprint density at radius 3 is 2.61 bits per heavy atom. The molecule has 2 aromatic rings. The topological polar surface area (TPSA) is 79.0 Å². The SMILES string of the molecule is CN(C)c1cccc(-c2n[nH]c(S(=O)(=O)Cl)n2)c1. The van der Waals surface area contributed by atoms with E-state index in [2.05, 4.69) is 15.2 Å². The highest BCUT2D eigenvalue weighted by atomic mass is 35.7. The molecule has 0 saturated carbocycles. The van der Waals surface area contributed by atoms with Gasteiger partial charge in [0, 0.05) is 36.0 Å². The minimum Gasteiger partial charge on any atom is -0.378 e. The number of H-pyrrole nitrogens is 1. The molecule has 0 saturated heterocycles. The number of nitrogens with one attached hydrogen (secondary N) is 1. The Labute approximate surface area is 109 Å². The molecular formula is C10H11ClN4O2S. The first-order chi connectivity index (χ1) is 8.38. The van der Waals surface area contributed by atoms with Gasteiger partial charge in [-0.05, 0) is 12.1 Å². The van der Waals surface area contributed by atoms with Gasteiger partial charge in [-0.2, -0.15) is 10.1 Å². The Hall–Kier alpha value is -1.60. The molecule has 0 amide bonds. The Morgan fingerprint density at radius 1 is 1.33 bits per heavy atom. The number of nitrogens with zero attached hydrogens (tertiary/aromatic N) is 3. The van der Waals surface area contributed by atoms with E-state index in [4.69, 9.17) is 10.7 Å². The van der Waals surface area contributed by atoms with E-state index in [0.29, 0.717) is 5.56 Å². The zero-order chi connectivity index (χ0) is 13.3. The summed E-state index contributed by atoms with van der Waals surface area (Å²) in [7, 11) is 5.10. The first-order valence-electron chi connectivity index (χ1n) is 5.03. The van der Waals surface area contributed by atoms with Gasteiger partial charge in [0.15, 0.2) is 5.82 Å². The molecule has 6 nitrogen and oxygen atoms in total. The maximum Gasteiger partial charge on any atom is 0.296 e. The average molecular weight is 287 g/mol. The Kier molecular flexibility index (Phi) is 3.27. The fourth-order valence-corrected chi connectivity index (χ4v) is 1.97. The van der Waals surface area contributed by atoms with E-state index in [1.165, 1.54) is 0 Å². The first kappa shape index (κ1) is 12.8. The molecule has 0 atom stereocenters. The van der Waals surface area contributed by atoms with Gasteiger partial charge in [-0.25, -0.2) is 13.5 Å². The highest BCUT2D eigenvalue weighted by Gasteiger charge is 2.16. The number of aromatic nitrogens is 3. The molecule has 0 unspecified atom stereocenters. The smallest absolute Gasteiger partial charge is 0.296 e. The van der Waals surface area contributed by atoms with Crippen LogP contribution in [0.15, 0.2) is 29.4 Å². The zero-order valence-corrected chi connectivity index (χ0v) is 11.3. The van der Waals surface area contributed by atoms with E-state index in [-0.39, 0.29) is 11.0 Å². The fourth-order valence-electron chi connectivity index (χ4n) is 1.41. The van der Waals surface area contributed by atoms with Crippen molar-refractivity contribution < 1.29 is 8.42 Å². The number of benzene rings is 1. The van der Waals surface area contributed by atoms with Crippen LogP contribution in [0, 0.1) is 0 Å². The first-order valence-corrected chi connectivity index (χ1v) is 7.33. The van der Waals surface area contributed by atoms with Crippen LogP contribution in [-0.2, 0) is 9.05 Å². The summed E-state index contributed by atoms with van der Waals surface area (Å²) >= 11 is 0. The quantitative estimate of drug-likeness (QED) is 0.864. The maximum absolute atomic E-state index is 11.1. The van der Waals surface area contributed by atoms with Crippen molar-refractivity contribution in [1.82, 2.24) is 15.2 Å². The van der Waals surface area contributed by atoms with Gasteiger partial charge in [-0.1, -0.05) is 12.1 Å². The normalized spacial score (nSPS) is 11.5. The summed E-state index contributed by atoms with van der Waals surface area (Å²) in [6, 6.07) is 7.42. The Bertz CT molecular complexity index is 666. The van der Waals surface area contributed by atoms with Crippen LogP contribution in [0.5, 0.6) is 0 Å². The summed E-state index contributed by atoms with van der Waals surface area (Å²) in [5, 5.41) is 5.78. The van der Waals surface area contributed by atoms with Gasteiger partial charge in [-0.15, -0.1) is 0 Å². The van der Waals surface area contributed by atoms with Crippen LogP contribution in [0.4, 0.5) is 5.69 Å². The molecule has 0 bridgehead atoms. The van der Waals surface area contributed by atoms with Gasteiger partial charge in [0.25, 0.3) is 14.2 Å². The van der Waals surface area contributed by atoms with Crippen molar-refractivity contribution in [3.8, 4) is 11.4 Å². The van der Waals surface area contributed by atoms with E-state index in [0.717, 1.165) is 5.69 Å². The predicted octanol–water partition coefficient (Wildman–Crippen LogP) is 1.47.